The fraction of sp³-hybridized carbons (Fsp3) is 0.250. The zero-order valence-electron chi connectivity index (χ0n) is 16.3. The van der Waals surface area contributed by atoms with Gasteiger partial charge in [0.15, 0.2) is 17.3 Å². The van der Waals surface area contributed by atoms with Gasteiger partial charge in [0.05, 0.1) is 17.8 Å². The Balaban J connectivity index is 1.90. The molecule has 0 fully saturated rings. The van der Waals surface area contributed by atoms with Crippen molar-refractivity contribution in [1.82, 2.24) is 15.5 Å². The molecule has 0 unspecified atom stereocenters. The summed E-state index contributed by atoms with van der Waals surface area (Å²) in [7, 11) is 0. The third-order valence-electron chi connectivity index (χ3n) is 4.21. The SMILES string of the molecule is CC(C)(O)[C@@H](NC(=O)c1cnoc1-c1ccccn1)c1ccc(OC(F)(F)F)c(F)c1. The van der Waals surface area contributed by atoms with Crippen molar-refractivity contribution in [3.63, 3.8) is 0 Å². The number of aromatic nitrogens is 2. The molecule has 0 saturated carbocycles. The number of rotatable bonds is 6. The van der Waals surface area contributed by atoms with Crippen LogP contribution in [0.25, 0.3) is 11.5 Å². The van der Waals surface area contributed by atoms with E-state index in [1.54, 1.807) is 18.2 Å². The molecular weight excluding hydrogens is 422 g/mol. The Morgan fingerprint density at radius 1 is 1.23 bits per heavy atom. The topological polar surface area (TPSA) is 97.5 Å². The van der Waals surface area contributed by atoms with Gasteiger partial charge >= 0.3 is 6.36 Å². The quantitative estimate of drug-likeness (QED) is 0.564. The van der Waals surface area contributed by atoms with Gasteiger partial charge in [-0.05, 0) is 43.7 Å². The van der Waals surface area contributed by atoms with Crippen molar-refractivity contribution in [1.29, 1.82) is 0 Å². The Labute approximate surface area is 173 Å². The van der Waals surface area contributed by atoms with Gasteiger partial charge in [-0.2, -0.15) is 0 Å². The molecule has 1 aromatic carbocycles. The Hall–Kier alpha value is -3.47. The summed E-state index contributed by atoms with van der Waals surface area (Å²) in [5, 5.41) is 16.6. The van der Waals surface area contributed by atoms with Crippen molar-refractivity contribution < 1.29 is 36.7 Å². The van der Waals surface area contributed by atoms with Gasteiger partial charge in [0.2, 0.25) is 0 Å². The number of carbonyl (C=O) groups is 1. The zero-order chi connectivity index (χ0) is 22.8. The largest absolute Gasteiger partial charge is 0.573 e. The first kappa shape index (κ1) is 22.2. The highest BCUT2D eigenvalue weighted by Crippen LogP contribution is 2.32. The summed E-state index contributed by atoms with van der Waals surface area (Å²) < 4.78 is 60.0. The molecule has 1 amide bonds. The molecule has 7 nitrogen and oxygen atoms in total. The van der Waals surface area contributed by atoms with Crippen molar-refractivity contribution >= 4 is 5.91 Å². The van der Waals surface area contributed by atoms with Crippen LogP contribution in [-0.4, -0.2) is 33.1 Å². The van der Waals surface area contributed by atoms with Crippen LogP contribution >= 0.6 is 0 Å². The van der Waals surface area contributed by atoms with E-state index in [0.29, 0.717) is 5.69 Å². The highest BCUT2D eigenvalue weighted by atomic mass is 19.4. The van der Waals surface area contributed by atoms with Crippen molar-refractivity contribution in [3.8, 4) is 17.2 Å². The van der Waals surface area contributed by atoms with Gasteiger partial charge < -0.3 is 19.7 Å². The maximum absolute atomic E-state index is 14.2. The second-order valence-corrected chi connectivity index (χ2v) is 7.08. The zero-order valence-corrected chi connectivity index (χ0v) is 16.3. The molecule has 2 N–H and O–H groups in total. The van der Waals surface area contributed by atoms with Gasteiger partial charge in [0.1, 0.15) is 11.3 Å². The first-order valence-corrected chi connectivity index (χ1v) is 8.90. The van der Waals surface area contributed by atoms with Crippen molar-refractivity contribution in [2.45, 2.75) is 31.9 Å². The minimum Gasteiger partial charge on any atom is -0.403 e. The Kier molecular flexibility index (Phi) is 5.98. The Morgan fingerprint density at radius 2 is 1.97 bits per heavy atom. The lowest BCUT2D eigenvalue weighted by Gasteiger charge is -2.30. The molecule has 0 radical (unpaired) electrons. The Bertz CT molecular complexity index is 1060. The van der Waals surface area contributed by atoms with Gasteiger partial charge in [-0.1, -0.05) is 17.3 Å². The molecule has 0 bridgehead atoms. The van der Waals surface area contributed by atoms with Crippen LogP contribution in [0.2, 0.25) is 0 Å². The standard InChI is InChI=1S/C20H17F4N3O4/c1-19(2,29)17(11-6-7-15(13(21)9-11)30-20(22,23)24)27-18(28)12-10-26-31-16(12)14-5-3-4-8-25-14/h3-10,17,29H,1-2H3,(H,27,28)/t17-/m0/s1. The highest BCUT2D eigenvalue weighted by Gasteiger charge is 2.35. The van der Waals surface area contributed by atoms with E-state index in [9.17, 15) is 27.5 Å². The van der Waals surface area contributed by atoms with Crippen LogP contribution in [-0.2, 0) is 0 Å². The summed E-state index contributed by atoms with van der Waals surface area (Å²) in [6.07, 6.45) is -2.42. The molecule has 0 spiro atoms. The molecular formula is C20H17F4N3O4. The maximum atomic E-state index is 14.2. The van der Waals surface area contributed by atoms with E-state index in [0.717, 1.165) is 24.4 Å². The van der Waals surface area contributed by atoms with Crippen LogP contribution in [0, 0.1) is 5.82 Å². The second-order valence-electron chi connectivity index (χ2n) is 7.08. The minimum atomic E-state index is -5.07. The number of hydrogen-bond acceptors (Lipinski definition) is 6. The Morgan fingerprint density at radius 3 is 2.55 bits per heavy atom. The number of alkyl halides is 3. The molecule has 3 rings (SSSR count). The van der Waals surface area contributed by atoms with Crippen molar-refractivity contribution in [3.05, 3.63) is 65.7 Å². The predicted molar refractivity (Wildman–Crippen MR) is 99.3 cm³/mol. The maximum Gasteiger partial charge on any atom is 0.573 e. The summed E-state index contributed by atoms with van der Waals surface area (Å²) in [5.41, 5.74) is -1.25. The molecule has 0 aliphatic rings. The minimum absolute atomic E-state index is 0.00504. The number of pyridine rings is 1. The van der Waals surface area contributed by atoms with E-state index in [-0.39, 0.29) is 16.9 Å². The van der Waals surface area contributed by atoms with E-state index in [1.807, 2.05) is 0 Å². The molecule has 2 aromatic heterocycles. The molecule has 3 aromatic rings. The van der Waals surface area contributed by atoms with Gasteiger partial charge in [0, 0.05) is 6.20 Å². The molecule has 0 aliphatic carbocycles. The summed E-state index contributed by atoms with van der Waals surface area (Å²) in [5.74, 6) is -2.98. The fourth-order valence-electron chi connectivity index (χ4n) is 2.86. The summed E-state index contributed by atoms with van der Waals surface area (Å²) in [4.78, 5) is 16.9. The number of benzene rings is 1. The molecule has 31 heavy (non-hydrogen) atoms. The highest BCUT2D eigenvalue weighted by molar-refractivity contribution is 5.99. The number of aliphatic hydroxyl groups is 1. The van der Waals surface area contributed by atoms with E-state index >= 15 is 0 Å². The number of carbonyl (C=O) groups excluding carboxylic acids is 1. The van der Waals surface area contributed by atoms with Crippen molar-refractivity contribution in [2.24, 2.45) is 0 Å². The van der Waals surface area contributed by atoms with Crippen LogP contribution in [0.15, 0.2) is 53.3 Å². The lowest BCUT2D eigenvalue weighted by atomic mass is 9.91. The first-order valence-electron chi connectivity index (χ1n) is 8.90. The van der Waals surface area contributed by atoms with E-state index < -0.39 is 35.5 Å². The average Bonchev–Trinajstić information content (AvgIpc) is 3.16. The number of halogens is 4. The normalized spacial score (nSPS) is 13.0. The number of amides is 1. The lowest BCUT2D eigenvalue weighted by molar-refractivity contribution is -0.275. The summed E-state index contributed by atoms with van der Waals surface area (Å²) in [6, 6.07) is 6.38. The fourth-order valence-corrected chi connectivity index (χ4v) is 2.86. The van der Waals surface area contributed by atoms with Crippen LogP contribution in [0.4, 0.5) is 17.6 Å². The molecule has 0 saturated heterocycles. The molecule has 164 valence electrons. The predicted octanol–water partition coefficient (Wildman–Crippen LogP) is 4.02. The van der Waals surface area contributed by atoms with Crippen LogP contribution in [0.5, 0.6) is 5.75 Å². The number of nitrogens with zero attached hydrogens (tertiary/aromatic N) is 2. The number of nitrogens with one attached hydrogen (secondary N) is 1. The van der Waals surface area contributed by atoms with Gasteiger partial charge in [0.25, 0.3) is 5.91 Å². The van der Waals surface area contributed by atoms with E-state index in [4.69, 9.17) is 4.52 Å². The van der Waals surface area contributed by atoms with Gasteiger partial charge in [-0.15, -0.1) is 13.2 Å². The third-order valence-corrected chi connectivity index (χ3v) is 4.21. The average molecular weight is 439 g/mol. The monoisotopic (exact) mass is 439 g/mol. The van der Waals surface area contributed by atoms with Crippen LogP contribution in [0.1, 0.15) is 35.8 Å². The van der Waals surface area contributed by atoms with Gasteiger partial charge in [-0.25, -0.2) is 4.39 Å². The third kappa shape index (κ3) is 5.37. The molecule has 11 heteroatoms. The van der Waals surface area contributed by atoms with Crippen LogP contribution < -0.4 is 10.1 Å². The van der Waals surface area contributed by atoms with Crippen LogP contribution in [0.3, 0.4) is 0 Å². The molecule has 2 heterocycles. The summed E-state index contributed by atoms with van der Waals surface area (Å²) >= 11 is 0. The van der Waals surface area contributed by atoms with Gasteiger partial charge in [-0.3, -0.25) is 9.78 Å². The van der Waals surface area contributed by atoms with Crippen molar-refractivity contribution in [2.75, 3.05) is 0 Å². The lowest BCUT2D eigenvalue weighted by Crippen LogP contribution is -2.42. The summed E-state index contributed by atoms with van der Waals surface area (Å²) in [6.45, 7) is 2.70. The van der Waals surface area contributed by atoms with E-state index in [1.165, 1.54) is 20.0 Å². The smallest absolute Gasteiger partial charge is 0.403 e. The molecule has 1 atom stereocenters. The number of hydrogen-bond donors (Lipinski definition) is 2. The second kappa shape index (κ2) is 8.34. The first-order chi connectivity index (χ1) is 14.5. The number of ether oxygens (including phenoxy) is 1. The molecule has 0 aliphatic heterocycles. The van der Waals surface area contributed by atoms with E-state index in [2.05, 4.69) is 20.2 Å².